The van der Waals surface area contributed by atoms with Gasteiger partial charge in [-0.05, 0) is 18.6 Å². The summed E-state index contributed by atoms with van der Waals surface area (Å²) in [6, 6.07) is 12.6. The van der Waals surface area contributed by atoms with Crippen LogP contribution in [0.25, 0.3) is 0 Å². The van der Waals surface area contributed by atoms with Gasteiger partial charge in [-0.3, -0.25) is 4.79 Å². The first-order valence-corrected chi connectivity index (χ1v) is 9.14. The first-order valence-electron chi connectivity index (χ1n) is 6.67. The molecule has 0 aliphatic heterocycles. The number of hydrogen-bond acceptors (Lipinski definition) is 4. The van der Waals surface area contributed by atoms with E-state index in [0.29, 0.717) is 16.9 Å². The Morgan fingerprint density at radius 1 is 1.14 bits per heavy atom. The van der Waals surface area contributed by atoms with Crippen molar-refractivity contribution in [3.05, 3.63) is 57.8 Å². The van der Waals surface area contributed by atoms with Crippen LogP contribution < -0.4 is 4.72 Å². The molecule has 4 nitrogen and oxygen atoms in total. The second kappa shape index (κ2) is 6.98. The molecule has 0 spiro atoms. The number of ketones is 1. The van der Waals surface area contributed by atoms with Crippen LogP contribution in [0.1, 0.15) is 33.5 Å². The lowest BCUT2D eigenvalue weighted by Gasteiger charge is -2.03. The zero-order chi connectivity index (χ0) is 15.3. The number of thiophene rings is 1. The average molecular weight is 323 g/mol. The van der Waals surface area contributed by atoms with Crippen molar-refractivity contribution in [3.63, 3.8) is 0 Å². The summed E-state index contributed by atoms with van der Waals surface area (Å²) in [6.07, 6.45) is 0.581. The Labute approximate surface area is 128 Å². The van der Waals surface area contributed by atoms with Gasteiger partial charge in [0, 0.05) is 17.0 Å². The first-order chi connectivity index (χ1) is 10.0. The molecule has 0 unspecified atom stereocenters. The van der Waals surface area contributed by atoms with Crippen molar-refractivity contribution in [1.29, 1.82) is 0 Å². The highest BCUT2D eigenvalue weighted by Crippen LogP contribution is 2.20. The molecule has 0 atom stereocenters. The van der Waals surface area contributed by atoms with Gasteiger partial charge < -0.3 is 0 Å². The first kappa shape index (κ1) is 15.9. The van der Waals surface area contributed by atoms with Gasteiger partial charge in [-0.25, -0.2) is 13.1 Å². The zero-order valence-electron chi connectivity index (χ0n) is 11.7. The maximum Gasteiger partial charge on any atom is 0.211 e. The van der Waals surface area contributed by atoms with E-state index >= 15 is 0 Å². The maximum atomic E-state index is 12.2. The van der Waals surface area contributed by atoms with Gasteiger partial charge in [0.05, 0.1) is 10.6 Å². The second-order valence-corrected chi connectivity index (χ2v) is 7.70. The molecule has 0 aliphatic carbocycles. The quantitative estimate of drug-likeness (QED) is 0.797. The summed E-state index contributed by atoms with van der Waals surface area (Å²) in [5, 5.41) is 0. The summed E-state index contributed by atoms with van der Waals surface area (Å²) >= 11 is 1.32. The molecular weight excluding hydrogens is 306 g/mol. The molecule has 0 radical (unpaired) electrons. The molecule has 112 valence electrons. The predicted octanol–water partition coefficient (Wildman–Crippen LogP) is 2.81. The molecule has 0 aliphatic rings. The molecule has 0 bridgehead atoms. The molecule has 6 heteroatoms. The van der Waals surface area contributed by atoms with E-state index in [1.165, 1.54) is 11.3 Å². The molecule has 0 amide bonds. The van der Waals surface area contributed by atoms with Crippen molar-refractivity contribution >= 4 is 27.1 Å². The minimum Gasteiger partial charge on any atom is -0.288 e. The van der Waals surface area contributed by atoms with Crippen LogP contribution in [0.15, 0.2) is 42.5 Å². The monoisotopic (exact) mass is 323 g/mol. The van der Waals surface area contributed by atoms with Gasteiger partial charge in [-0.2, -0.15) is 0 Å². The zero-order valence-corrected chi connectivity index (χ0v) is 13.3. The highest BCUT2D eigenvalue weighted by Gasteiger charge is 2.13. The maximum absolute atomic E-state index is 12.2. The van der Waals surface area contributed by atoms with Crippen LogP contribution in [0, 0.1) is 0 Å². The van der Waals surface area contributed by atoms with E-state index < -0.39 is 10.0 Å². The van der Waals surface area contributed by atoms with Crippen LogP contribution in [0.5, 0.6) is 0 Å². The van der Waals surface area contributed by atoms with Gasteiger partial charge in [-0.15, -0.1) is 11.3 Å². The highest BCUT2D eigenvalue weighted by atomic mass is 32.2. The standard InChI is InChI=1S/C15H17NO3S2/c1-2-10-21(18,19)16-11-13-8-9-14(20-13)15(17)12-6-4-3-5-7-12/h3-9,16H,2,10-11H2,1H3. The van der Waals surface area contributed by atoms with Gasteiger partial charge in [-0.1, -0.05) is 37.3 Å². The molecule has 0 fully saturated rings. The summed E-state index contributed by atoms with van der Waals surface area (Å²) < 4.78 is 25.7. The Bertz CT molecular complexity index is 706. The summed E-state index contributed by atoms with van der Waals surface area (Å²) in [5.41, 5.74) is 0.637. The topological polar surface area (TPSA) is 63.2 Å². The van der Waals surface area contributed by atoms with Gasteiger partial charge in [0.25, 0.3) is 0 Å². The molecule has 21 heavy (non-hydrogen) atoms. The van der Waals surface area contributed by atoms with E-state index in [-0.39, 0.29) is 18.1 Å². The molecule has 0 saturated carbocycles. The lowest BCUT2D eigenvalue weighted by atomic mass is 10.1. The number of rotatable bonds is 7. The Balaban J connectivity index is 2.04. The molecule has 1 aromatic heterocycles. The van der Waals surface area contributed by atoms with E-state index in [9.17, 15) is 13.2 Å². The van der Waals surface area contributed by atoms with Gasteiger partial charge in [0.2, 0.25) is 15.8 Å². The van der Waals surface area contributed by atoms with Crippen LogP contribution in [0.3, 0.4) is 0 Å². The third kappa shape index (κ3) is 4.49. The van der Waals surface area contributed by atoms with E-state index in [0.717, 1.165) is 4.88 Å². The van der Waals surface area contributed by atoms with Crippen LogP contribution in [0.2, 0.25) is 0 Å². The summed E-state index contributed by atoms with van der Waals surface area (Å²) in [7, 11) is -3.22. The fraction of sp³-hybridized carbons (Fsp3) is 0.267. The molecule has 1 N–H and O–H groups in total. The summed E-state index contributed by atoms with van der Waals surface area (Å²) in [5.74, 6) is 0.0806. The van der Waals surface area contributed by atoms with Crippen molar-refractivity contribution in [2.45, 2.75) is 19.9 Å². The average Bonchev–Trinajstić information content (AvgIpc) is 2.94. The number of nitrogens with one attached hydrogen (secondary N) is 1. The van der Waals surface area contributed by atoms with Crippen molar-refractivity contribution in [2.24, 2.45) is 0 Å². The fourth-order valence-corrected chi connectivity index (χ4v) is 3.91. The number of carbonyl (C=O) groups is 1. The minimum atomic E-state index is -3.22. The molecule has 2 rings (SSSR count). The number of carbonyl (C=O) groups excluding carboxylic acids is 1. The van der Waals surface area contributed by atoms with Crippen molar-refractivity contribution in [3.8, 4) is 0 Å². The normalized spacial score (nSPS) is 11.5. The molecule has 0 saturated heterocycles. The lowest BCUT2D eigenvalue weighted by Crippen LogP contribution is -2.25. The third-order valence-electron chi connectivity index (χ3n) is 2.86. The Morgan fingerprint density at radius 3 is 2.52 bits per heavy atom. The van der Waals surface area contributed by atoms with E-state index in [2.05, 4.69) is 4.72 Å². The van der Waals surface area contributed by atoms with Gasteiger partial charge >= 0.3 is 0 Å². The number of benzene rings is 1. The SMILES string of the molecule is CCCS(=O)(=O)NCc1ccc(C(=O)c2ccccc2)s1. The van der Waals surface area contributed by atoms with Crippen molar-refractivity contribution in [2.75, 3.05) is 5.75 Å². The second-order valence-electron chi connectivity index (χ2n) is 4.60. The smallest absolute Gasteiger partial charge is 0.211 e. The minimum absolute atomic E-state index is 0.0386. The largest absolute Gasteiger partial charge is 0.288 e. The lowest BCUT2D eigenvalue weighted by molar-refractivity contribution is 0.104. The van der Waals surface area contributed by atoms with E-state index in [1.807, 2.05) is 25.1 Å². The van der Waals surface area contributed by atoms with Crippen LogP contribution in [-0.2, 0) is 16.6 Å². The Kier molecular flexibility index (Phi) is 5.27. The Morgan fingerprint density at radius 2 is 1.86 bits per heavy atom. The van der Waals surface area contributed by atoms with Crippen LogP contribution in [0.4, 0.5) is 0 Å². The van der Waals surface area contributed by atoms with Crippen molar-refractivity contribution in [1.82, 2.24) is 4.72 Å². The summed E-state index contributed by atoms with van der Waals surface area (Å²) in [6.45, 7) is 2.05. The van der Waals surface area contributed by atoms with Crippen LogP contribution in [-0.4, -0.2) is 20.0 Å². The molecule has 2 aromatic rings. The van der Waals surface area contributed by atoms with Gasteiger partial charge in [0.15, 0.2) is 0 Å². The molecule has 1 aromatic carbocycles. The fourth-order valence-electron chi connectivity index (χ4n) is 1.85. The Hall–Kier alpha value is -1.50. The highest BCUT2D eigenvalue weighted by molar-refractivity contribution is 7.89. The summed E-state index contributed by atoms with van der Waals surface area (Å²) in [4.78, 5) is 13.7. The van der Waals surface area contributed by atoms with Crippen LogP contribution >= 0.6 is 11.3 Å². The van der Waals surface area contributed by atoms with Crippen molar-refractivity contribution < 1.29 is 13.2 Å². The number of hydrogen-bond donors (Lipinski definition) is 1. The third-order valence-corrected chi connectivity index (χ3v) is 5.47. The van der Waals surface area contributed by atoms with Gasteiger partial charge in [0.1, 0.15) is 0 Å². The molecule has 1 heterocycles. The number of sulfonamides is 1. The predicted molar refractivity (Wildman–Crippen MR) is 85.1 cm³/mol. The van der Waals surface area contributed by atoms with E-state index in [4.69, 9.17) is 0 Å². The molecular formula is C15H17NO3S2. The van der Waals surface area contributed by atoms with E-state index in [1.54, 1.807) is 24.3 Å².